The molecule has 0 aliphatic carbocycles. The maximum absolute atomic E-state index is 10.4. The zero-order valence-electron chi connectivity index (χ0n) is 7.63. The van der Waals surface area contributed by atoms with E-state index in [0.717, 1.165) is 0 Å². The molecule has 4 N–H and O–H groups in total. The molecular weight excluding hydrogens is 182 g/mol. The predicted molar refractivity (Wildman–Crippen MR) is 51.6 cm³/mol. The lowest BCUT2D eigenvalue weighted by molar-refractivity contribution is -0.139. The molecule has 0 aromatic heterocycles. The summed E-state index contributed by atoms with van der Waals surface area (Å²) >= 11 is 0. The van der Waals surface area contributed by atoms with E-state index in [4.69, 9.17) is 10.8 Å². The van der Waals surface area contributed by atoms with Crippen LogP contribution in [0.1, 0.15) is 18.1 Å². The number of carboxylic acids is 1. The highest BCUT2D eigenvalue weighted by Crippen LogP contribution is 2.16. The summed E-state index contributed by atoms with van der Waals surface area (Å²) in [6.45, 7) is 0. The third-order valence-corrected chi connectivity index (χ3v) is 1.98. The molecule has 4 heteroatoms. The second kappa shape index (κ2) is 4.74. The van der Waals surface area contributed by atoms with Gasteiger partial charge in [-0.25, -0.2) is 0 Å². The highest BCUT2D eigenvalue weighted by atomic mass is 16.4. The number of carboxylic acid groups (broad SMARTS) is 1. The Labute approximate surface area is 82.0 Å². The summed E-state index contributed by atoms with van der Waals surface area (Å²) in [4.78, 5) is 10.4. The molecule has 0 fully saturated rings. The minimum absolute atomic E-state index is 0.0271. The Morgan fingerprint density at radius 3 is 2.43 bits per heavy atom. The minimum Gasteiger partial charge on any atom is -0.480 e. The van der Waals surface area contributed by atoms with Gasteiger partial charge in [-0.1, -0.05) is 30.3 Å². The molecular formula is C10H13NO3. The molecule has 1 aromatic carbocycles. The molecule has 14 heavy (non-hydrogen) atoms. The van der Waals surface area contributed by atoms with Crippen molar-refractivity contribution in [1.29, 1.82) is 0 Å². The van der Waals surface area contributed by atoms with Crippen molar-refractivity contribution in [3.05, 3.63) is 35.9 Å². The molecule has 0 saturated carbocycles. The van der Waals surface area contributed by atoms with E-state index >= 15 is 0 Å². The van der Waals surface area contributed by atoms with Gasteiger partial charge in [-0.15, -0.1) is 0 Å². The molecule has 76 valence electrons. The third kappa shape index (κ3) is 2.83. The molecule has 0 spiro atoms. The number of aliphatic hydroxyl groups is 1. The van der Waals surface area contributed by atoms with Crippen LogP contribution in [-0.4, -0.2) is 22.2 Å². The second-order valence-corrected chi connectivity index (χ2v) is 3.11. The van der Waals surface area contributed by atoms with Crippen molar-refractivity contribution in [2.24, 2.45) is 5.73 Å². The Morgan fingerprint density at radius 1 is 1.36 bits per heavy atom. The number of hydrogen-bond donors (Lipinski definition) is 3. The Hall–Kier alpha value is -1.39. The number of nitrogens with two attached hydrogens (primary N) is 1. The molecule has 0 aliphatic heterocycles. The number of rotatable bonds is 4. The van der Waals surface area contributed by atoms with Gasteiger partial charge < -0.3 is 15.9 Å². The van der Waals surface area contributed by atoms with Crippen LogP contribution in [0.3, 0.4) is 0 Å². The average molecular weight is 195 g/mol. The quantitative estimate of drug-likeness (QED) is 0.654. The first-order valence-corrected chi connectivity index (χ1v) is 4.32. The first-order chi connectivity index (χ1) is 6.61. The minimum atomic E-state index is -1.10. The molecule has 0 radical (unpaired) electrons. The fourth-order valence-corrected chi connectivity index (χ4v) is 1.15. The monoisotopic (exact) mass is 195 g/mol. The summed E-state index contributed by atoms with van der Waals surface area (Å²) in [5.41, 5.74) is 5.98. The second-order valence-electron chi connectivity index (χ2n) is 3.11. The normalized spacial score (nSPS) is 14.7. The van der Waals surface area contributed by atoms with E-state index in [9.17, 15) is 9.90 Å². The van der Waals surface area contributed by atoms with Crippen molar-refractivity contribution in [2.45, 2.75) is 18.6 Å². The van der Waals surface area contributed by atoms with Gasteiger partial charge in [0.05, 0.1) is 6.10 Å². The molecule has 0 amide bonds. The van der Waals surface area contributed by atoms with Crippen LogP contribution in [0.4, 0.5) is 0 Å². The van der Waals surface area contributed by atoms with Crippen LogP contribution in [0.25, 0.3) is 0 Å². The van der Waals surface area contributed by atoms with Gasteiger partial charge in [0, 0.05) is 6.42 Å². The van der Waals surface area contributed by atoms with Crippen molar-refractivity contribution >= 4 is 5.97 Å². The Kier molecular flexibility index (Phi) is 3.62. The summed E-state index contributed by atoms with van der Waals surface area (Å²) in [6, 6.07) is 7.84. The summed E-state index contributed by atoms with van der Waals surface area (Å²) in [5, 5.41) is 18.1. The molecule has 2 atom stereocenters. The van der Waals surface area contributed by atoms with Crippen LogP contribution < -0.4 is 5.73 Å². The highest BCUT2D eigenvalue weighted by molar-refractivity contribution is 5.73. The smallest absolute Gasteiger partial charge is 0.320 e. The average Bonchev–Trinajstić information content (AvgIpc) is 2.19. The van der Waals surface area contributed by atoms with Gasteiger partial charge in [-0.3, -0.25) is 4.79 Å². The van der Waals surface area contributed by atoms with Gasteiger partial charge in [0.2, 0.25) is 0 Å². The largest absolute Gasteiger partial charge is 0.480 e. The number of hydrogen-bond acceptors (Lipinski definition) is 3. The summed E-state index contributed by atoms with van der Waals surface area (Å²) in [6.07, 6.45) is -0.790. The Bertz CT molecular complexity index is 299. The van der Waals surface area contributed by atoms with E-state index in [1.165, 1.54) is 0 Å². The SMILES string of the molecule is N[C@@H](CC(O)c1ccccc1)C(=O)O. The first-order valence-electron chi connectivity index (χ1n) is 4.32. The molecule has 1 rings (SSSR count). The van der Waals surface area contributed by atoms with Crippen molar-refractivity contribution in [2.75, 3.05) is 0 Å². The topological polar surface area (TPSA) is 83.5 Å². The van der Waals surface area contributed by atoms with Gasteiger partial charge in [0.15, 0.2) is 0 Å². The standard InChI is InChI=1S/C10H13NO3/c11-8(10(13)14)6-9(12)7-4-2-1-3-5-7/h1-5,8-9,12H,6,11H2,(H,13,14)/t8-,9?/m0/s1. The zero-order valence-corrected chi connectivity index (χ0v) is 7.63. The van der Waals surface area contributed by atoms with Crippen molar-refractivity contribution in [3.8, 4) is 0 Å². The number of benzene rings is 1. The number of aliphatic carboxylic acids is 1. The molecule has 1 unspecified atom stereocenters. The van der Waals surface area contributed by atoms with Crippen LogP contribution in [0, 0.1) is 0 Å². The third-order valence-electron chi connectivity index (χ3n) is 1.98. The highest BCUT2D eigenvalue weighted by Gasteiger charge is 2.17. The van der Waals surface area contributed by atoms with Crippen LogP contribution >= 0.6 is 0 Å². The van der Waals surface area contributed by atoms with Crippen LogP contribution in [0.5, 0.6) is 0 Å². The summed E-state index contributed by atoms with van der Waals surface area (Å²) < 4.78 is 0. The van der Waals surface area contributed by atoms with E-state index in [0.29, 0.717) is 5.56 Å². The van der Waals surface area contributed by atoms with Crippen molar-refractivity contribution < 1.29 is 15.0 Å². The number of aliphatic hydroxyl groups excluding tert-OH is 1. The summed E-state index contributed by atoms with van der Waals surface area (Å²) in [5.74, 6) is -1.10. The lowest BCUT2D eigenvalue weighted by Crippen LogP contribution is -2.31. The Balaban J connectivity index is 2.59. The van der Waals surface area contributed by atoms with E-state index in [1.807, 2.05) is 6.07 Å². The van der Waals surface area contributed by atoms with Crippen LogP contribution in [-0.2, 0) is 4.79 Å². The zero-order chi connectivity index (χ0) is 10.6. The molecule has 0 bridgehead atoms. The van der Waals surface area contributed by atoms with E-state index in [-0.39, 0.29) is 6.42 Å². The fourth-order valence-electron chi connectivity index (χ4n) is 1.15. The van der Waals surface area contributed by atoms with E-state index in [1.54, 1.807) is 24.3 Å². The fraction of sp³-hybridized carbons (Fsp3) is 0.300. The molecule has 0 aliphatic rings. The summed E-state index contributed by atoms with van der Waals surface area (Å²) in [7, 11) is 0. The predicted octanol–water partition coefficient (Wildman–Crippen LogP) is 0.522. The first kappa shape index (κ1) is 10.7. The molecule has 4 nitrogen and oxygen atoms in total. The molecule has 1 aromatic rings. The van der Waals surface area contributed by atoms with Crippen molar-refractivity contribution in [3.63, 3.8) is 0 Å². The maximum atomic E-state index is 10.4. The van der Waals surface area contributed by atoms with Gasteiger partial charge in [0.1, 0.15) is 6.04 Å². The van der Waals surface area contributed by atoms with Gasteiger partial charge >= 0.3 is 5.97 Å². The van der Waals surface area contributed by atoms with Gasteiger partial charge in [-0.2, -0.15) is 0 Å². The maximum Gasteiger partial charge on any atom is 0.320 e. The van der Waals surface area contributed by atoms with E-state index in [2.05, 4.69) is 0 Å². The lowest BCUT2D eigenvalue weighted by Gasteiger charge is -2.13. The lowest BCUT2D eigenvalue weighted by atomic mass is 10.0. The van der Waals surface area contributed by atoms with Crippen LogP contribution in [0.2, 0.25) is 0 Å². The van der Waals surface area contributed by atoms with Gasteiger partial charge in [-0.05, 0) is 5.56 Å². The number of carbonyl (C=O) groups is 1. The molecule has 0 heterocycles. The van der Waals surface area contributed by atoms with E-state index < -0.39 is 18.1 Å². The van der Waals surface area contributed by atoms with Gasteiger partial charge in [0.25, 0.3) is 0 Å². The Morgan fingerprint density at radius 2 is 1.93 bits per heavy atom. The molecule has 0 saturated heterocycles. The van der Waals surface area contributed by atoms with Crippen molar-refractivity contribution in [1.82, 2.24) is 0 Å². The van der Waals surface area contributed by atoms with Crippen LogP contribution in [0.15, 0.2) is 30.3 Å².